The molecule has 0 aromatic heterocycles. The van der Waals surface area contributed by atoms with Crippen molar-refractivity contribution in [3.8, 4) is 0 Å². The highest BCUT2D eigenvalue weighted by Crippen LogP contribution is 2.24. The van der Waals surface area contributed by atoms with Crippen LogP contribution in [0.15, 0.2) is 29.2 Å². The van der Waals surface area contributed by atoms with Crippen LogP contribution in [0.25, 0.3) is 0 Å². The average Bonchev–Trinajstić information content (AvgIpc) is 2.03. The third-order valence-electron chi connectivity index (χ3n) is 1.35. The summed E-state index contributed by atoms with van der Waals surface area (Å²) in [5, 5.41) is -2.78. The minimum Gasteiger partial charge on any atom is -0.248 e. The fraction of sp³-hybridized carbons (Fsp3) is 0.250. The standard InChI is InChI=1S/C8H7ClF2OS/c1-8(10,11)13(12)7-4-2-6(9)3-5-7/h2-5H,1H3. The van der Waals surface area contributed by atoms with Gasteiger partial charge < -0.3 is 0 Å². The lowest BCUT2D eigenvalue weighted by molar-refractivity contribution is 0.121. The largest absolute Gasteiger partial charge is 0.322 e. The number of rotatable bonds is 2. The number of alkyl halides is 2. The van der Waals surface area contributed by atoms with Crippen LogP contribution in [0.2, 0.25) is 5.02 Å². The second-order valence-corrected chi connectivity index (χ2v) is 4.69. The van der Waals surface area contributed by atoms with E-state index < -0.39 is 16.1 Å². The molecule has 0 N–H and O–H groups in total. The Kier molecular flexibility index (Phi) is 3.03. The maximum Gasteiger partial charge on any atom is 0.322 e. The zero-order chi connectivity index (χ0) is 10.1. The molecule has 13 heavy (non-hydrogen) atoms. The van der Waals surface area contributed by atoms with Crippen molar-refractivity contribution in [3.63, 3.8) is 0 Å². The van der Waals surface area contributed by atoms with Crippen LogP contribution in [0.3, 0.4) is 0 Å². The molecular weight excluding hydrogens is 218 g/mol. The molecule has 72 valence electrons. The van der Waals surface area contributed by atoms with E-state index in [0.29, 0.717) is 11.9 Å². The maximum absolute atomic E-state index is 12.6. The summed E-state index contributed by atoms with van der Waals surface area (Å²) in [6.45, 7) is 0.623. The van der Waals surface area contributed by atoms with Crippen LogP contribution in [0.4, 0.5) is 8.78 Å². The highest BCUT2D eigenvalue weighted by Gasteiger charge is 2.31. The molecule has 0 aliphatic rings. The fourth-order valence-electron chi connectivity index (χ4n) is 0.765. The quantitative estimate of drug-likeness (QED) is 0.755. The van der Waals surface area contributed by atoms with Crippen LogP contribution in [0, 0.1) is 0 Å². The van der Waals surface area contributed by atoms with Gasteiger partial charge in [-0.15, -0.1) is 0 Å². The number of halogens is 3. The second-order valence-electron chi connectivity index (χ2n) is 2.53. The molecule has 0 heterocycles. The Labute approximate surface area is 82.2 Å². The van der Waals surface area contributed by atoms with E-state index in [-0.39, 0.29) is 4.90 Å². The molecule has 1 rings (SSSR count). The first-order valence-corrected chi connectivity index (χ1v) is 4.99. The smallest absolute Gasteiger partial charge is 0.248 e. The van der Waals surface area contributed by atoms with Gasteiger partial charge in [-0.1, -0.05) is 11.6 Å². The van der Waals surface area contributed by atoms with E-state index in [1.807, 2.05) is 0 Å². The Hall–Kier alpha value is -0.480. The van der Waals surface area contributed by atoms with Gasteiger partial charge in [-0.3, -0.25) is 0 Å². The van der Waals surface area contributed by atoms with Crippen LogP contribution >= 0.6 is 11.6 Å². The van der Waals surface area contributed by atoms with E-state index in [0.717, 1.165) is 0 Å². The van der Waals surface area contributed by atoms with Crippen molar-refractivity contribution >= 4 is 22.4 Å². The number of hydrogen-bond acceptors (Lipinski definition) is 1. The second kappa shape index (κ2) is 3.72. The summed E-state index contributed by atoms with van der Waals surface area (Å²) >= 11 is 5.54. The van der Waals surface area contributed by atoms with Crippen molar-refractivity contribution in [1.29, 1.82) is 0 Å². The molecule has 1 unspecified atom stereocenters. The molecular formula is C8H7ClF2OS. The van der Waals surface area contributed by atoms with Gasteiger partial charge in [0, 0.05) is 16.8 Å². The lowest BCUT2D eigenvalue weighted by Crippen LogP contribution is -2.17. The van der Waals surface area contributed by atoms with Gasteiger partial charge in [0.05, 0.1) is 0 Å². The van der Waals surface area contributed by atoms with Crippen molar-refractivity contribution in [2.45, 2.75) is 17.1 Å². The zero-order valence-corrected chi connectivity index (χ0v) is 8.33. The van der Waals surface area contributed by atoms with Crippen molar-refractivity contribution < 1.29 is 13.0 Å². The van der Waals surface area contributed by atoms with E-state index in [1.165, 1.54) is 24.3 Å². The zero-order valence-electron chi connectivity index (χ0n) is 6.76. The summed E-state index contributed by atoms with van der Waals surface area (Å²) in [5.41, 5.74) is 0. The Balaban J connectivity index is 2.97. The van der Waals surface area contributed by atoms with E-state index in [4.69, 9.17) is 11.6 Å². The van der Waals surface area contributed by atoms with Crippen LogP contribution in [-0.4, -0.2) is 9.46 Å². The van der Waals surface area contributed by atoms with Gasteiger partial charge in [0.25, 0.3) is 0 Å². The average molecular weight is 225 g/mol. The third kappa shape index (κ3) is 2.74. The Bertz CT molecular complexity index is 318. The van der Waals surface area contributed by atoms with Gasteiger partial charge in [0.15, 0.2) is 0 Å². The highest BCUT2D eigenvalue weighted by atomic mass is 35.5. The molecule has 0 radical (unpaired) electrons. The summed E-state index contributed by atoms with van der Waals surface area (Å²) in [4.78, 5) is 0.0805. The molecule has 1 nitrogen and oxygen atoms in total. The van der Waals surface area contributed by atoms with Crippen molar-refractivity contribution in [1.82, 2.24) is 0 Å². The lowest BCUT2D eigenvalue weighted by atomic mass is 10.4. The first-order chi connectivity index (χ1) is 5.91. The van der Waals surface area contributed by atoms with E-state index >= 15 is 0 Å². The monoisotopic (exact) mass is 224 g/mol. The van der Waals surface area contributed by atoms with Gasteiger partial charge >= 0.3 is 5.25 Å². The van der Waals surface area contributed by atoms with Crippen molar-refractivity contribution in [2.24, 2.45) is 0 Å². The SMILES string of the molecule is CC(F)(F)S(=O)c1ccc(Cl)cc1. The van der Waals surface area contributed by atoms with E-state index in [1.54, 1.807) is 0 Å². The topological polar surface area (TPSA) is 17.1 Å². The van der Waals surface area contributed by atoms with E-state index in [2.05, 4.69) is 0 Å². The minimum atomic E-state index is -3.21. The van der Waals surface area contributed by atoms with Crippen molar-refractivity contribution in [2.75, 3.05) is 0 Å². The van der Waals surface area contributed by atoms with Crippen LogP contribution in [0.5, 0.6) is 0 Å². The van der Waals surface area contributed by atoms with Gasteiger partial charge in [-0.05, 0) is 24.3 Å². The third-order valence-corrected chi connectivity index (χ3v) is 2.96. The van der Waals surface area contributed by atoms with E-state index in [9.17, 15) is 13.0 Å². The first-order valence-electron chi connectivity index (χ1n) is 3.46. The molecule has 0 spiro atoms. The van der Waals surface area contributed by atoms with Gasteiger partial charge in [-0.2, -0.15) is 8.78 Å². The summed E-state index contributed by atoms with van der Waals surface area (Å²) in [6.07, 6.45) is 0. The number of hydrogen-bond donors (Lipinski definition) is 0. The predicted molar refractivity (Wildman–Crippen MR) is 48.5 cm³/mol. The lowest BCUT2D eigenvalue weighted by Gasteiger charge is -2.09. The molecule has 0 aliphatic heterocycles. The van der Waals surface area contributed by atoms with Crippen LogP contribution in [-0.2, 0) is 10.8 Å². The highest BCUT2D eigenvalue weighted by molar-refractivity contribution is 7.86. The molecule has 0 fully saturated rings. The first kappa shape index (κ1) is 10.6. The molecule has 1 aromatic rings. The molecule has 5 heteroatoms. The molecule has 1 atom stereocenters. The Morgan fingerprint density at radius 1 is 1.31 bits per heavy atom. The molecule has 0 bridgehead atoms. The van der Waals surface area contributed by atoms with Crippen LogP contribution < -0.4 is 0 Å². The molecule has 0 saturated carbocycles. The maximum atomic E-state index is 12.6. The predicted octanol–water partition coefficient (Wildman–Crippen LogP) is 3.06. The molecule has 0 aliphatic carbocycles. The minimum absolute atomic E-state index is 0.0805. The summed E-state index contributed by atoms with van der Waals surface area (Å²) in [6, 6.07) is 5.52. The summed E-state index contributed by atoms with van der Waals surface area (Å²) in [5.74, 6) is 0. The molecule has 0 saturated heterocycles. The van der Waals surface area contributed by atoms with Gasteiger partial charge in [-0.25, -0.2) is 4.21 Å². The molecule has 1 aromatic carbocycles. The Morgan fingerprint density at radius 2 is 1.77 bits per heavy atom. The number of benzene rings is 1. The fourth-order valence-corrected chi connectivity index (χ4v) is 1.69. The normalized spacial score (nSPS) is 14.2. The molecule has 0 amide bonds. The van der Waals surface area contributed by atoms with Crippen LogP contribution in [0.1, 0.15) is 6.92 Å². The summed E-state index contributed by atoms with van der Waals surface area (Å²) < 4.78 is 36.2. The summed E-state index contributed by atoms with van der Waals surface area (Å²) in [7, 11) is -2.30. The van der Waals surface area contributed by atoms with Crippen molar-refractivity contribution in [3.05, 3.63) is 29.3 Å². The van der Waals surface area contributed by atoms with Gasteiger partial charge in [0.2, 0.25) is 0 Å². The van der Waals surface area contributed by atoms with Gasteiger partial charge in [0.1, 0.15) is 10.8 Å². The Morgan fingerprint density at radius 3 is 2.15 bits per heavy atom.